The molecule has 1 aliphatic carbocycles. The van der Waals surface area contributed by atoms with Crippen molar-refractivity contribution in [3.8, 4) is 10.4 Å². The summed E-state index contributed by atoms with van der Waals surface area (Å²) in [5.74, 6) is 0.273. The van der Waals surface area contributed by atoms with Gasteiger partial charge in [0.05, 0.1) is 23.8 Å². The Balaban J connectivity index is 1.32. The summed E-state index contributed by atoms with van der Waals surface area (Å²) in [5.41, 5.74) is 3.05. The van der Waals surface area contributed by atoms with E-state index < -0.39 is 5.82 Å². The molecule has 1 aromatic carbocycles. The number of ketones is 1. The Hall–Kier alpha value is -3.10. The Kier molecular flexibility index (Phi) is 5.86. The first kappa shape index (κ1) is 22.4. The average molecular weight is 492 g/mol. The molecule has 0 spiro atoms. The summed E-state index contributed by atoms with van der Waals surface area (Å²) < 4.78 is 20.0. The molecule has 2 aromatic heterocycles. The van der Waals surface area contributed by atoms with Crippen LogP contribution < -0.4 is 9.80 Å². The van der Waals surface area contributed by atoms with E-state index in [1.807, 2.05) is 35.2 Å². The number of ether oxygens (including phenoxy) is 1. The van der Waals surface area contributed by atoms with Crippen LogP contribution in [0.15, 0.2) is 42.5 Å². The van der Waals surface area contributed by atoms with Crippen LogP contribution in [0.25, 0.3) is 10.4 Å². The van der Waals surface area contributed by atoms with Gasteiger partial charge in [0.15, 0.2) is 17.4 Å². The summed E-state index contributed by atoms with van der Waals surface area (Å²) in [5, 5.41) is 0. The Morgan fingerprint density at radius 3 is 2.69 bits per heavy atom. The van der Waals surface area contributed by atoms with E-state index in [0.29, 0.717) is 51.6 Å². The van der Waals surface area contributed by atoms with E-state index in [1.54, 1.807) is 4.90 Å². The van der Waals surface area contributed by atoms with Crippen LogP contribution in [0.1, 0.15) is 45.0 Å². The van der Waals surface area contributed by atoms with Crippen LogP contribution in [0.2, 0.25) is 0 Å². The summed E-state index contributed by atoms with van der Waals surface area (Å²) in [6, 6.07) is 12.6. The van der Waals surface area contributed by atoms with Crippen molar-refractivity contribution in [2.75, 3.05) is 42.6 Å². The molecule has 6 nitrogen and oxygen atoms in total. The molecule has 1 saturated carbocycles. The first-order chi connectivity index (χ1) is 17.1. The molecule has 180 valence electrons. The van der Waals surface area contributed by atoms with Gasteiger partial charge < -0.3 is 14.5 Å². The highest BCUT2D eigenvalue weighted by atomic mass is 32.1. The number of benzene rings is 1. The van der Waals surface area contributed by atoms with Crippen molar-refractivity contribution in [2.24, 2.45) is 5.92 Å². The molecule has 0 atom stereocenters. The second-order valence-corrected chi connectivity index (χ2v) is 10.4. The smallest absolute Gasteiger partial charge is 0.276 e. The van der Waals surface area contributed by atoms with Gasteiger partial charge in [-0.2, -0.15) is 0 Å². The Bertz CT molecular complexity index is 1300. The fraction of sp³-hybridized carbons (Fsp3) is 0.370. The highest BCUT2D eigenvalue weighted by Crippen LogP contribution is 2.43. The SMILES string of the molecule is O=C(CC1CC1)c1cc2c(s1)-c1ccccc1N(C(=O)c1ccc(F)c(N3CCOCC3)n1)CC2. The standard InChI is InChI=1S/C27H26FN3O3S/c28-20-7-8-21(29-26(20)30-11-13-34-14-12-30)27(33)31-10-9-18-16-24(23(32)15-17-5-6-17)35-25(18)19-3-1-2-4-22(19)31/h1-4,7-8,16-17H,5-6,9-15H2. The zero-order chi connectivity index (χ0) is 23.9. The number of aromatic nitrogens is 1. The molecule has 2 aliphatic heterocycles. The Morgan fingerprint density at radius 1 is 1.09 bits per heavy atom. The third-order valence-corrected chi connectivity index (χ3v) is 8.15. The number of amides is 1. The number of carbonyl (C=O) groups excluding carboxylic acids is 2. The third-order valence-electron chi connectivity index (χ3n) is 6.90. The van der Waals surface area contributed by atoms with Gasteiger partial charge in [-0.1, -0.05) is 18.2 Å². The number of nitrogens with zero attached hydrogens (tertiary/aromatic N) is 3. The van der Waals surface area contributed by atoms with Gasteiger partial charge in [0.2, 0.25) is 0 Å². The summed E-state index contributed by atoms with van der Waals surface area (Å²) in [6.07, 6.45) is 3.58. The van der Waals surface area contributed by atoms with E-state index in [4.69, 9.17) is 4.74 Å². The minimum absolute atomic E-state index is 0.195. The van der Waals surface area contributed by atoms with Gasteiger partial charge in [-0.05, 0) is 55.0 Å². The largest absolute Gasteiger partial charge is 0.378 e. The maximum Gasteiger partial charge on any atom is 0.276 e. The zero-order valence-electron chi connectivity index (χ0n) is 19.3. The van der Waals surface area contributed by atoms with Gasteiger partial charge in [0, 0.05) is 36.5 Å². The van der Waals surface area contributed by atoms with E-state index in [0.717, 1.165) is 39.4 Å². The number of morpholine rings is 1. The van der Waals surface area contributed by atoms with Gasteiger partial charge in [0.1, 0.15) is 5.69 Å². The Morgan fingerprint density at radius 2 is 1.89 bits per heavy atom. The van der Waals surface area contributed by atoms with Crippen molar-refractivity contribution < 1.29 is 18.7 Å². The maximum atomic E-state index is 14.6. The molecular formula is C27H26FN3O3S. The second-order valence-electron chi connectivity index (χ2n) is 9.36. The van der Waals surface area contributed by atoms with Crippen LogP contribution in [-0.4, -0.2) is 49.5 Å². The Labute approximate surface area is 207 Å². The summed E-state index contributed by atoms with van der Waals surface area (Å²) in [7, 11) is 0. The number of para-hydroxylation sites is 1. The zero-order valence-corrected chi connectivity index (χ0v) is 20.2. The average Bonchev–Trinajstić information content (AvgIpc) is 3.63. The molecule has 4 heterocycles. The van der Waals surface area contributed by atoms with Crippen LogP contribution in [0.4, 0.5) is 15.9 Å². The maximum absolute atomic E-state index is 14.6. The monoisotopic (exact) mass is 491 g/mol. The molecule has 6 rings (SSSR count). The van der Waals surface area contributed by atoms with E-state index in [9.17, 15) is 14.0 Å². The van der Waals surface area contributed by atoms with Crippen LogP contribution >= 0.6 is 11.3 Å². The topological polar surface area (TPSA) is 62.7 Å². The molecule has 1 saturated heterocycles. The number of pyridine rings is 1. The van der Waals surface area contributed by atoms with Crippen molar-refractivity contribution in [2.45, 2.75) is 25.7 Å². The minimum Gasteiger partial charge on any atom is -0.378 e. The molecule has 1 amide bonds. The molecule has 0 N–H and O–H groups in total. The predicted octanol–water partition coefficient (Wildman–Crippen LogP) is 4.97. The molecule has 0 bridgehead atoms. The quantitative estimate of drug-likeness (QED) is 0.472. The van der Waals surface area contributed by atoms with Crippen molar-refractivity contribution in [3.05, 3.63) is 64.4 Å². The van der Waals surface area contributed by atoms with E-state index in [2.05, 4.69) is 4.98 Å². The minimum atomic E-state index is -0.440. The molecular weight excluding hydrogens is 465 g/mol. The number of anilines is 2. The number of carbonyl (C=O) groups is 2. The molecule has 8 heteroatoms. The second kappa shape index (κ2) is 9.17. The number of rotatable bonds is 5. The summed E-state index contributed by atoms with van der Waals surface area (Å²) in [6.45, 7) is 2.55. The molecule has 35 heavy (non-hydrogen) atoms. The lowest BCUT2D eigenvalue weighted by Gasteiger charge is -2.28. The molecule has 0 unspecified atom stereocenters. The summed E-state index contributed by atoms with van der Waals surface area (Å²) in [4.78, 5) is 36.3. The van der Waals surface area contributed by atoms with Crippen LogP contribution in [-0.2, 0) is 11.2 Å². The number of hydrogen-bond donors (Lipinski definition) is 0. The normalized spacial score (nSPS) is 17.5. The van der Waals surface area contributed by atoms with Crippen molar-refractivity contribution in [1.29, 1.82) is 0 Å². The highest BCUT2D eigenvalue weighted by molar-refractivity contribution is 7.17. The van der Waals surface area contributed by atoms with Gasteiger partial charge in [-0.15, -0.1) is 11.3 Å². The fourth-order valence-electron chi connectivity index (χ4n) is 4.81. The number of thiophene rings is 1. The third kappa shape index (κ3) is 4.36. The molecule has 2 fully saturated rings. The molecule has 3 aliphatic rings. The molecule has 3 aromatic rings. The van der Waals surface area contributed by atoms with Gasteiger partial charge in [0.25, 0.3) is 5.91 Å². The first-order valence-corrected chi connectivity index (χ1v) is 13.0. The van der Waals surface area contributed by atoms with Gasteiger partial charge in [-0.3, -0.25) is 9.59 Å². The van der Waals surface area contributed by atoms with Crippen molar-refractivity contribution in [1.82, 2.24) is 4.98 Å². The number of hydrogen-bond acceptors (Lipinski definition) is 6. The van der Waals surface area contributed by atoms with Crippen LogP contribution in [0.3, 0.4) is 0 Å². The first-order valence-electron chi connectivity index (χ1n) is 12.1. The van der Waals surface area contributed by atoms with E-state index >= 15 is 0 Å². The lowest BCUT2D eigenvalue weighted by atomic mass is 10.1. The lowest BCUT2D eigenvalue weighted by Crippen LogP contribution is -2.38. The summed E-state index contributed by atoms with van der Waals surface area (Å²) >= 11 is 1.53. The number of Topliss-reactive ketones (excluding diaryl/α,β-unsaturated/α-hetero) is 1. The van der Waals surface area contributed by atoms with E-state index in [1.165, 1.54) is 23.5 Å². The van der Waals surface area contributed by atoms with Crippen molar-refractivity contribution >= 4 is 34.5 Å². The number of fused-ring (bicyclic) bond motifs is 3. The van der Waals surface area contributed by atoms with E-state index in [-0.39, 0.29) is 23.2 Å². The predicted molar refractivity (Wildman–Crippen MR) is 134 cm³/mol. The highest BCUT2D eigenvalue weighted by Gasteiger charge is 2.30. The van der Waals surface area contributed by atoms with Crippen molar-refractivity contribution in [3.63, 3.8) is 0 Å². The molecule has 0 radical (unpaired) electrons. The van der Waals surface area contributed by atoms with Gasteiger partial charge >= 0.3 is 0 Å². The number of halogens is 1. The van der Waals surface area contributed by atoms with Crippen LogP contribution in [0, 0.1) is 11.7 Å². The fourth-order valence-corrected chi connectivity index (χ4v) is 6.01. The van der Waals surface area contributed by atoms with Crippen LogP contribution in [0.5, 0.6) is 0 Å². The lowest BCUT2D eigenvalue weighted by molar-refractivity contribution is 0.0972. The van der Waals surface area contributed by atoms with Gasteiger partial charge in [-0.25, -0.2) is 9.37 Å².